The van der Waals surface area contributed by atoms with Crippen LogP contribution in [0.1, 0.15) is 38.1 Å². The first-order chi connectivity index (χ1) is 15.7. The predicted molar refractivity (Wildman–Crippen MR) is 133 cm³/mol. The van der Waals surface area contributed by atoms with E-state index >= 15 is 0 Å². The molecule has 0 aliphatic carbocycles. The third-order valence-electron chi connectivity index (χ3n) is 5.63. The van der Waals surface area contributed by atoms with Crippen molar-refractivity contribution in [2.45, 2.75) is 32.5 Å². The van der Waals surface area contributed by atoms with Gasteiger partial charge in [0.15, 0.2) is 12.4 Å². The number of carbonyl (C=O) groups is 1. The van der Waals surface area contributed by atoms with Crippen molar-refractivity contribution >= 4 is 40.4 Å². The lowest BCUT2D eigenvalue weighted by Gasteiger charge is -2.29. The summed E-state index contributed by atoms with van der Waals surface area (Å²) in [7, 11) is 1.65. The predicted octanol–water partition coefficient (Wildman–Crippen LogP) is 5.36. The molecule has 0 saturated heterocycles. The molecule has 0 radical (unpaired) electrons. The minimum atomic E-state index is -0.981. The Morgan fingerprint density at radius 2 is 2.03 bits per heavy atom. The van der Waals surface area contributed by atoms with Gasteiger partial charge in [0.05, 0.1) is 27.4 Å². The standard InChI is InChI=1S/C26H27ClN2O4/c1-6-15-8-7-9-16-20(15)25(31)29(5)24(19(14-30)33-26(2,3)4)21(16)17-10-11-18-23(22(17)27)28-12-13-32-18/h6-11,14,19,28H,1,12-13H2,2-5H3/t19-/m0/s1. The molecule has 0 bridgehead atoms. The molecule has 3 aromatic rings. The molecule has 172 valence electrons. The van der Waals surface area contributed by atoms with Crippen molar-refractivity contribution in [3.8, 4) is 16.9 Å². The van der Waals surface area contributed by atoms with Crippen LogP contribution in [0.25, 0.3) is 28.0 Å². The van der Waals surface area contributed by atoms with Gasteiger partial charge in [0.25, 0.3) is 5.56 Å². The largest absolute Gasteiger partial charge is 0.490 e. The lowest BCUT2D eigenvalue weighted by atomic mass is 9.92. The van der Waals surface area contributed by atoms with Crippen LogP contribution in [0.4, 0.5) is 5.69 Å². The number of hydrogen-bond donors (Lipinski definition) is 1. The fourth-order valence-corrected chi connectivity index (χ4v) is 4.61. The number of halogens is 1. The lowest BCUT2D eigenvalue weighted by Crippen LogP contribution is -2.30. The van der Waals surface area contributed by atoms with Gasteiger partial charge in [0.2, 0.25) is 0 Å². The van der Waals surface area contributed by atoms with E-state index in [1.165, 1.54) is 4.57 Å². The molecule has 33 heavy (non-hydrogen) atoms. The second-order valence-electron chi connectivity index (χ2n) is 8.96. The Morgan fingerprint density at radius 3 is 2.70 bits per heavy atom. The van der Waals surface area contributed by atoms with Crippen molar-refractivity contribution in [3.05, 3.63) is 63.5 Å². The lowest BCUT2D eigenvalue weighted by molar-refractivity contribution is -0.129. The number of ether oxygens (including phenoxy) is 2. The second-order valence-corrected chi connectivity index (χ2v) is 9.34. The number of hydrogen-bond acceptors (Lipinski definition) is 5. The van der Waals surface area contributed by atoms with E-state index in [9.17, 15) is 9.59 Å². The zero-order chi connectivity index (χ0) is 23.9. The van der Waals surface area contributed by atoms with E-state index in [4.69, 9.17) is 21.1 Å². The molecule has 1 aromatic heterocycles. The summed E-state index contributed by atoms with van der Waals surface area (Å²) in [5.74, 6) is 0.662. The van der Waals surface area contributed by atoms with Crippen LogP contribution in [0.2, 0.25) is 5.02 Å². The number of anilines is 1. The van der Waals surface area contributed by atoms with Gasteiger partial charge in [0.1, 0.15) is 12.4 Å². The van der Waals surface area contributed by atoms with Crippen LogP contribution in [0, 0.1) is 0 Å². The number of nitrogens with zero attached hydrogens (tertiary/aromatic N) is 1. The van der Waals surface area contributed by atoms with Crippen molar-refractivity contribution in [1.29, 1.82) is 0 Å². The highest BCUT2D eigenvalue weighted by molar-refractivity contribution is 6.37. The summed E-state index contributed by atoms with van der Waals surface area (Å²) in [5, 5.41) is 4.93. The maximum absolute atomic E-state index is 13.5. The number of aldehydes is 1. The summed E-state index contributed by atoms with van der Waals surface area (Å²) in [5.41, 5.74) is 2.32. The third kappa shape index (κ3) is 4.05. The van der Waals surface area contributed by atoms with Crippen molar-refractivity contribution in [2.24, 2.45) is 7.05 Å². The Hall–Kier alpha value is -3.09. The van der Waals surface area contributed by atoms with Gasteiger partial charge in [-0.05, 0) is 43.9 Å². The summed E-state index contributed by atoms with van der Waals surface area (Å²) in [4.78, 5) is 25.8. The Balaban J connectivity index is 2.16. The first-order valence-corrected chi connectivity index (χ1v) is 11.2. The first kappa shape index (κ1) is 23.1. The Morgan fingerprint density at radius 1 is 1.27 bits per heavy atom. The van der Waals surface area contributed by atoms with Crippen LogP contribution in [-0.2, 0) is 16.6 Å². The van der Waals surface area contributed by atoms with Gasteiger partial charge in [-0.15, -0.1) is 0 Å². The molecular formula is C26H27ClN2O4. The normalized spacial score (nSPS) is 14.2. The number of fused-ring (bicyclic) bond motifs is 2. The highest BCUT2D eigenvalue weighted by Crippen LogP contribution is 2.45. The monoisotopic (exact) mass is 466 g/mol. The molecule has 0 saturated carbocycles. The second kappa shape index (κ2) is 8.69. The van der Waals surface area contributed by atoms with Crippen LogP contribution in [-0.4, -0.2) is 29.6 Å². The van der Waals surface area contributed by atoms with Crippen LogP contribution < -0.4 is 15.6 Å². The number of nitrogens with one attached hydrogen (secondary N) is 1. The summed E-state index contributed by atoms with van der Waals surface area (Å²) in [6.07, 6.45) is 1.39. The maximum Gasteiger partial charge on any atom is 0.259 e. The van der Waals surface area contributed by atoms with Crippen molar-refractivity contribution in [2.75, 3.05) is 18.5 Å². The molecule has 2 aromatic carbocycles. The average Bonchev–Trinajstić information content (AvgIpc) is 2.79. The van der Waals surface area contributed by atoms with Crippen molar-refractivity contribution in [1.82, 2.24) is 4.57 Å². The number of benzene rings is 2. The van der Waals surface area contributed by atoms with Crippen molar-refractivity contribution < 1.29 is 14.3 Å². The molecule has 2 heterocycles. The van der Waals surface area contributed by atoms with E-state index in [2.05, 4.69) is 11.9 Å². The molecule has 1 N–H and O–H groups in total. The van der Waals surface area contributed by atoms with E-state index in [0.717, 1.165) is 6.29 Å². The Bertz CT molecular complexity index is 1320. The van der Waals surface area contributed by atoms with Gasteiger partial charge in [-0.3, -0.25) is 4.79 Å². The van der Waals surface area contributed by atoms with Gasteiger partial charge in [-0.25, -0.2) is 0 Å². The average molecular weight is 467 g/mol. The smallest absolute Gasteiger partial charge is 0.259 e. The molecule has 6 nitrogen and oxygen atoms in total. The summed E-state index contributed by atoms with van der Waals surface area (Å²) in [6.45, 7) is 10.6. The van der Waals surface area contributed by atoms with Gasteiger partial charge in [0, 0.05) is 24.7 Å². The van der Waals surface area contributed by atoms with Gasteiger partial charge >= 0.3 is 0 Å². The first-order valence-electron chi connectivity index (χ1n) is 10.8. The van der Waals surface area contributed by atoms with Gasteiger partial charge in [-0.2, -0.15) is 0 Å². The minimum absolute atomic E-state index is 0.237. The number of pyridine rings is 1. The molecule has 0 amide bonds. The summed E-state index contributed by atoms with van der Waals surface area (Å²) in [6, 6.07) is 9.27. The molecule has 1 aliphatic heterocycles. The van der Waals surface area contributed by atoms with E-state index in [-0.39, 0.29) is 5.56 Å². The zero-order valence-electron chi connectivity index (χ0n) is 19.2. The zero-order valence-corrected chi connectivity index (χ0v) is 20.0. The van der Waals surface area contributed by atoms with E-state index < -0.39 is 11.7 Å². The molecule has 4 rings (SSSR count). The fraction of sp³-hybridized carbons (Fsp3) is 0.308. The highest BCUT2D eigenvalue weighted by atomic mass is 35.5. The minimum Gasteiger partial charge on any atom is -0.490 e. The molecular weight excluding hydrogens is 440 g/mol. The molecule has 1 aliphatic rings. The topological polar surface area (TPSA) is 69.6 Å². The van der Waals surface area contributed by atoms with Gasteiger partial charge in [-0.1, -0.05) is 42.5 Å². The Kier molecular flexibility index (Phi) is 6.08. The van der Waals surface area contributed by atoms with Crippen LogP contribution >= 0.6 is 11.6 Å². The number of rotatable bonds is 5. The maximum atomic E-state index is 13.5. The molecule has 0 unspecified atom stereocenters. The quantitative estimate of drug-likeness (QED) is 0.512. The summed E-state index contributed by atoms with van der Waals surface area (Å²) >= 11 is 6.90. The molecule has 0 spiro atoms. The number of carbonyl (C=O) groups excluding carboxylic acids is 1. The summed E-state index contributed by atoms with van der Waals surface area (Å²) < 4.78 is 13.3. The highest BCUT2D eigenvalue weighted by Gasteiger charge is 2.30. The van der Waals surface area contributed by atoms with Crippen LogP contribution in [0.5, 0.6) is 5.75 Å². The van der Waals surface area contributed by atoms with Crippen molar-refractivity contribution in [3.63, 3.8) is 0 Å². The van der Waals surface area contributed by atoms with Crippen LogP contribution in [0.3, 0.4) is 0 Å². The Labute approximate surface area is 197 Å². The van der Waals surface area contributed by atoms with E-state index in [0.29, 0.717) is 62.8 Å². The van der Waals surface area contributed by atoms with E-state index in [1.807, 2.05) is 51.1 Å². The third-order valence-corrected chi connectivity index (χ3v) is 6.02. The van der Waals surface area contributed by atoms with Gasteiger partial charge < -0.3 is 24.2 Å². The molecule has 7 heteroatoms. The fourth-order valence-electron chi connectivity index (χ4n) is 4.29. The molecule has 0 fully saturated rings. The molecule has 1 atom stereocenters. The SMILES string of the molecule is C=Cc1cccc2c(-c3ccc4c(c3Cl)NCCO4)c([C@H](C=O)OC(C)(C)C)n(C)c(=O)c12. The van der Waals surface area contributed by atoms with Crippen LogP contribution in [0.15, 0.2) is 41.7 Å². The van der Waals surface area contributed by atoms with E-state index in [1.54, 1.807) is 13.1 Å². The number of aromatic nitrogens is 1.